The predicted molar refractivity (Wildman–Crippen MR) is 120 cm³/mol. The third kappa shape index (κ3) is 9.19. The first-order chi connectivity index (χ1) is 12.2. The van der Waals surface area contributed by atoms with Crippen molar-refractivity contribution in [3.63, 3.8) is 0 Å². The Morgan fingerprint density at radius 2 is 2.00 bits per heavy atom. The molecule has 1 fully saturated rings. The molecule has 0 radical (unpaired) electrons. The summed E-state index contributed by atoms with van der Waals surface area (Å²) < 4.78 is 6.01. The highest BCUT2D eigenvalue weighted by molar-refractivity contribution is 14.0. The summed E-state index contributed by atoms with van der Waals surface area (Å²) in [4.78, 5) is 6.86. The van der Waals surface area contributed by atoms with Crippen LogP contribution in [0.5, 0.6) is 0 Å². The van der Waals surface area contributed by atoms with Crippen molar-refractivity contribution in [2.75, 3.05) is 26.2 Å². The minimum absolute atomic E-state index is 0. The summed E-state index contributed by atoms with van der Waals surface area (Å²) in [5, 5.41) is 3.18. The molecule has 1 unspecified atom stereocenters. The molecular weight excluding hydrogens is 439 g/mol. The van der Waals surface area contributed by atoms with Crippen LogP contribution in [0.1, 0.15) is 45.1 Å². The standard InChI is InChI=1S/C20H34N4O.HI/c1-3-17(2)23-20(21)22-12-7-15-25-19-10-13-24(14-11-19)16-18-8-5-4-6-9-18;/h4-6,8-9,17,19H,3,7,10-16H2,1-2H3,(H3,21,22,23);1H. The molecule has 0 spiro atoms. The van der Waals surface area contributed by atoms with Crippen molar-refractivity contribution in [1.82, 2.24) is 10.2 Å². The van der Waals surface area contributed by atoms with Gasteiger partial charge in [0, 0.05) is 38.8 Å². The minimum Gasteiger partial charge on any atom is -0.378 e. The number of rotatable bonds is 9. The first kappa shape index (κ1) is 23.2. The van der Waals surface area contributed by atoms with Gasteiger partial charge < -0.3 is 15.8 Å². The quantitative estimate of drug-likeness (QED) is 0.249. The lowest BCUT2D eigenvalue weighted by molar-refractivity contribution is 0.00566. The van der Waals surface area contributed by atoms with E-state index in [9.17, 15) is 0 Å². The lowest BCUT2D eigenvalue weighted by Crippen LogP contribution is -2.38. The highest BCUT2D eigenvalue weighted by Gasteiger charge is 2.19. The lowest BCUT2D eigenvalue weighted by Gasteiger charge is -2.31. The van der Waals surface area contributed by atoms with Crippen molar-refractivity contribution in [1.29, 1.82) is 0 Å². The van der Waals surface area contributed by atoms with Gasteiger partial charge in [0.05, 0.1) is 6.10 Å². The molecule has 1 heterocycles. The summed E-state index contributed by atoms with van der Waals surface area (Å²) in [6.45, 7) is 9.00. The molecule has 1 aromatic rings. The molecule has 1 saturated heterocycles. The summed E-state index contributed by atoms with van der Waals surface area (Å²) in [6.07, 6.45) is 4.60. The summed E-state index contributed by atoms with van der Waals surface area (Å²) in [5.41, 5.74) is 7.24. The Labute approximate surface area is 175 Å². The van der Waals surface area contributed by atoms with E-state index in [1.807, 2.05) is 0 Å². The van der Waals surface area contributed by atoms with E-state index in [0.29, 0.717) is 18.1 Å². The maximum Gasteiger partial charge on any atom is 0.188 e. The number of aliphatic imine (C=N–C) groups is 1. The van der Waals surface area contributed by atoms with Gasteiger partial charge in [0.1, 0.15) is 0 Å². The average Bonchev–Trinajstić information content (AvgIpc) is 2.63. The van der Waals surface area contributed by atoms with Gasteiger partial charge in [-0.1, -0.05) is 37.3 Å². The Kier molecular flexibility index (Phi) is 11.9. The van der Waals surface area contributed by atoms with Gasteiger partial charge in [-0.3, -0.25) is 9.89 Å². The smallest absolute Gasteiger partial charge is 0.188 e. The second-order valence-electron chi connectivity index (χ2n) is 6.91. The Morgan fingerprint density at radius 3 is 2.65 bits per heavy atom. The molecule has 6 heteroatoms. The van der Waals surface area contributed by atoms with Crippen LogP contribution in [0.15, 0.2) is 35.3 Å². The normalized spacial score (nSPS) is 17.5. The summed E-state index contributed by atoms with van der Waals surface area (Å²) >= 11 is 0. The van der Waals surface area contributed by atoms with Crippen LogP contribution >= 0.6 is 24.0 Å². The third-order valence-corrected chi connectivity index (χ3v) is 4.73. The number of benzene rings is 1. The van der Waals surface area contributed by atoms with Crippen molar-refractivity contribution < 1.29 is 4.74 Å². The molecule has 148 valence electrons. The van der Waals surface area contributed by atoms with Crippen molar-refractivity contribution in [2.24, 2.45) is 10.7 Å². The molecular formula is C20H35IN4O. The number of nitrogens with zero attached hydrogens (tertiary/aromatic N) is 2. The first-order valence-corrected chi connectivity index (χ1v) is 9.61. The van der Waals surface area contributed by atoms with Crippen LogP contribution in [0.2, 0.25) is 0 Å². The fourth-order valence-corrected chi connectivity index (χ4v) is 2.99. The Hall–Kier alpha value is -0.860. The number of hydrogen-bond acceptors (Lipinski definition) is 3. The van der Waals surface area contributed by atoms with Crippen LogP contribution < -0.4 is 11.1 Å². The average molecular weight is 474 g/mol. The van der Waals surface area contributed by atoms with Crippen molar-refractivity contribution in [3.8, 4) is 0 Å². The Morgan fingerprint density at radius 1 is 1.31 bits per heavy atom. The zero-order valence-electron chi connectivity index (χ0n) is 16.2. The van der Waals surface area contributed by atoms with Gasteiger partial charge in [-0.2, -0.15) is 0 Å². The van der Waals surface area contributed by atoms with Crippen LogP contribution in [0.25, 0.3) is 0 Å². The van der Waals surface area contributed by atoms with Gasteiger partial charge >= 0.3 is 0 Å². The third-order valence-electron chi connectivity index (χ3n) is 4.73. The monoisotopic (exact) mass is 474 g/mol. The molecule has 1 atom stereocenters. The maximum atomic E-state index is 6.01. The molecule has 1 aromatic carbocycles. The van der Waals surface area contributed by atoms with Gasteiger partial charge in [-0.25, -0.2) is 0 Å². The second-order valence-corrected chi connectivity index (χ2v) is 6.91. The molecule has 3 N–H and O–H groups in total. The van der Waals surface area contributed by atoms with E-state index < -0.39 is 0 Å². The van der Waals surface area contributed by atoms with Gasteiger partial charge in [0.2, 0.25) is 0 Å². The van der Waals surface area contributed by atoms with Crippen LogP contribution in [0.3, 0.4) is 0 Å². The van der Waals surface area contributed by atoms with Gasteiger partial charge in [-0.15, -0.1) is 24.0 Å². The van der Waals surface area contributed by atoms with Crippen molar-refractivity contribution in [2.45, 2.75) is 58.2 Å². The molecule has 1 aliphatic rings. The molecule has 0 saturated carbocycles. The lowest BCUT2D eigenvalue weighted by atomic mass is 10.1. The highest BCUT2D eigenvalue weighted by atomic mass is 127. The van der Waals surface area contributed by atoms with E-state index in [1.165, 1.54) is 5.56 Å². The topological polar surface area (TPSA) is 62.9 Å². The van der Waals surface area contributed by atoms with Gasteiger partial charge in [-0.05, 0) is 38.2 Å². The predicted octanol–water partition coefficient (Wildman–Crippen LogP) is 3.38. The number of piperidine rings is 1. The number of nitrogens with one attached hydrogen (secondary N) is 1. The van der Waals surface area contributed by atoms with Crippen molar-refractivity contribution in [3.05, 3.63) is 35.9 Å². The molecule has 26 heavy (non-hydrogen) atoms. The van der Waals surface area contributed by atoms with E-state index in [2.05, 4.69) is 59.4 Å². The molecule has 0 amide bonds. The number of halogens is 1. The van der Waals surface area contributed by atoms with Crippen LogP contribution in [-0.2, 0) is 11.3 Å². The summed E-state index contributed by atoms with van der Waals surface area (Å²) in [5.74, 6) is 0.545. The summed E-state index contributed by atoms with van der Waals surface area (Å²) in [7, 11) is 0. The second kappa shape index (κ2) is 13.3. The van der Waals surface area contributed by atoms with E-state index in [-0.39, 0.29) is 24.0 Å². The molecule has 5 nitrogen and oxygen atoms in total. The van der Waals surface area contributed by atoms with Gasteiger partial charge in [0.15, 0.2) is 5.96 Å². The van der Waals surface area contributed by atoms with E-state index in [4.69, 9.17) is 10.5 Å². The first-order valence-electron chi connectivity index (χ1n) is 9.61. The minimum atomic E-state index is 0. The number of guanidine groups is 1. The zero-order valence-corrected chi connectivity index (χ0v) is 18.5. The van der Waals surface area contributed by atoms with Gasteiger partial charge in [0.25, 0.3) is 0 Å². The Bertz CT molecular complexity index is 504. The van der Waals surface area contributed by atoms with Crippen LogP contribution in [0.4, 0.5) is 0 Å². The molecule has 0 aliphatic carbocycles. The Balaban J connectivity index is 0.00000338. The molecule has 0 bridgehead atoms. The fourth-order valence-electron chi connectivity index (χ4n) is 2.99. The highest BCUT2D eigenvalue weighted by Crippen LogP contribution is 2.16. The van der Waals surface area contributed by atoms with Crippen LogP contribution in [0, 0.1) is 0 Å². The molecule has 0 aromatic heterocycles. The zero-order chi connectivity index (χ0) is 17.9. The largest absolute Gasteiger partial charge is 0.378 e. The van der Waals surface area contributed by atoms with Crippen molar-refractivity contribution >= 4 is 29.9 Å². The maximum absolute atomic E-state index is 6.01. The number of likely N-dealkylation sites (tertiary alicyclic amines) is 1. The number of nitrogens with two attached hydrogens (primary N) is 1. The van der Waals surface area contributed by atoms with E-state index in [0.717, 1.165) is 58.5 Å². The number of hydrogen-bond donors (Lipinski definition) is 2. The van der Waals surface area contributed by atoms with Crippen LogP contribution in [-0.4, -0.2) is 49.2 Å². The molecule has 1 aliphatic heterocycles. The SMILES string of the molecule is CCC(C)NC(N)=NCCCOC1CCN(Cc2ccccc2)CC1.I. The molecule has 2 rings (SSSR count). The van der Waals surface area contributed by atoms with E-state index in [1.54, 1.807) is 0 Å². The number of ether oxygens (including phenoxy) is 1. The van der Waals surface area contributed by atoms with E-state index >= 15 is 0 Å². The fraction of sp³-hybridized carbons (Fsp3) is 0.650. The summed E-state index contributed by atoms with van der Waals surface area (Å²) in [6, 6.07) is 11.1.